The molecule has 0 aliphatic carbocycles. The lowest BCUT2D eigenvalue weighted by atomic mass is 10.3. The second kappa shape index (κ2) is 4.63. The molecule has 4 rings (SSSR count). The number of aromatic nitrogens is 4. The molecular formula is C14H14BrN5. The number of hydrogen-bond donors (Lipinski definition) is 1. The number of fused-ring (bicyclic) bond motifs is 1. The van der Waals surface area contributed by atoms with E-state index in [9.17, 15) is 0 Å². The first-order valence-electron chi connectivity index (χ1n) is 6.69. The number of anilines is 1. The van der Waals surface area contributed by atoms with Crippen LogP contribution >= 0.6 is 15.9 Å². The molecule has 1 fully saturated rings. The van der Waals surface area contributed by atoms with Gasteiger partial charge in [-0.2, -0.15) is 5.10 Å². The third kappa shape index (κ3) is 2.00. The highest BCUT2D eigenvalue weighted by atomic mass is 79.9. The molecular weight excluding hydrogens is 318 g/mol. The molecule has 3 heterocycles. The second-order valence-electron chi connectivity index (χ2n) is 5.10. The van der Waals surface area contributed by atoms with Crippen LogP contribution in [0.3, 0.4) is 0 Å². The molecule has 1 unspecified atom stereocenters. The third-order valence-corrected chi connectivity index (χ3v) is 4.19. The Hall–Kier alpha value is -1.82. The van der Waals surface area contributed by atoms with Gasteiger partial charge in [0.2, 0.25) is 5.95 Å². The van der Waals surface area contributed by atoms with Gasteiger partial charge < -0.3 is 9.88 Å². The summed E-state index contributed by atoms with van der Waals surface area (Å²) >= 11 is 3.45. The average molecular weight is 332 g/mol. The summed E-state index contributed by atoms with van der Waals surface area (Å²) in [7, 11) is 0. The maximum atomic E-state index is 4.66. The van der Waals surface area contributed by atoms with E-state index in [1.165, 1.54) is 0 Å². The monoisotopic (exact) mass is 331 g/mol. The highest BCUT2D eigenvalue weighted by Gasteiger charge is 2.26. The van der Waals surface area contributed by atoms with E-state index >= 15 is 0 Å². The van der Waals surface area contributed by atoms with Gasteiger partial charge in [0.05, 0.1) is 27.7 Å². The van der Waals surface area contributed by atoms with Crippen LogP contribution in [0.15, 0.2) is 41.1 Å². The van der Waals surface area contributed by atoms with E-state index in [-0.39, 0.29) is 0 Å². The zero-order chi connectivity index (χ0) is 13.5. The number of H-pyrrole nitrogens is 1. The number of nitrogens with zero attached hydrogens (tertiary/aromatic N) is 4. The van der Waals surface area contributed by atoms with Crippen LogP contribution in [0.5, 0.6) is 0 Å². The lowest BCUT2D eigenvalue weighted by Crippen LogP contribution is -2.22. The molecule has 0 amide bonds. The van der Waals surface area contributed by atoms with Crippen LogP contribution in [0.25, 0.3) is 11.0 Å². The predicted molar refractivity (Wildman–Crippen MR) is 81.9 cm³/mol. The van der Waals surface area contributed by atoms with Crippen molar-refractivity contribution >= 4 is 32.9 Å². The Morgan fingerprint density at radius 3 is 3.00 bits per heavy atom. The molecule has 102 valence electrons. The number of imidazole rings is 1. The summed E-state index contributed by atoms with van der Waals surface area (Å²) in [5.41, 5.74) is 2.11. The van der Waals surface area contributed by atoms with Crippen molar-refractivity contribution < 1.29 is 0 Å². The van der Waals surface area contributed by atoms with Crippen molar-refractivity contribution in [3.8, 4) is 0 Å². The summed E-state index contributed by atoms with van der Waals surface area (Å²) in [6.45, 7) is 1.94. The number of halogens is 1. The Morgan fingerprint density at radius 2 is 2.20 bits per heavy atom. The Balaban J connectivity index is 1.58. The average Bonchev–Trinajstić information content (AvgIpc) is 3.16. The van der Waals surface area contributed by atoms with Gasteiger partial charge in [-0.25, -0.2) is 4.98 Å². The van der Waals surface area contributed by atoms with Gasteiger partial charge in [-0.3, -0.25) is 4.68 Å². The van der Waals surface area contributed by atoms with Crippen molar-refractivity contribution in [2.75, 3.05) is 18.0 Å². The minimum absolute atomic E-state index is 0.412. The second-order valence-corrected chi connectivity index (χ2v) is 6.02. The fourth-order valence-electron chi connectivity index (χ4n) is 2.75. The molecule has 6 heteroatoms. The summed E-state index contributed by atoms with van der Waals surface area (Å²) in [5, 5.41) is 4.38. The van der Waals surface area contributed by atoms with Gasteiger partial charge in [0, 0.05) is 19.3 Å². The summed E-state index contributed by atoms with van der Waals surface area (Å²) in [5.74, 6) is 0.958. The minimum atomic E-state index is 0.412. The van der Waals surface area contributed by atoms with Crippen molar-refractivity contribution in [1.29, 1.82) is 0 Å². The number of hydrogen-bond acceptors (Lipinski definition) is 3. The fraction of sp³-hybridized carbons (Fsp3) is 0.286. The standard InChI is InChI=1S/C14H14BrN5/c15-10-7-16-20(8-10)11-5-6-19(9-11)14-17-12-3-1-2-4-13(12)18-14/h1-4,7-8,11H,5-6,9H2,(H,17,18). The lowest BCUT2D eigenvalue weighted by molar-refractivity contribution is 0.494. The van der Waals surface area contributed by atoms with Gasteiger partial charge in [0.1, 0.15) is 0 Å². The SMILES string of the molecule is Brc1cnn(C2CCN(c3nc4ccccc4[nH]3)C2)c1. The van der Waals surface area contributed by atoms with Crippen LogP contribution in [0.4, 0.5) is 5.95 Å². The van der Waals surface area contributed by atoms with Gasteiger partial charge in [-0.05, 0) is 34.5 Å². The van der Waals surface area contributed by atoms with E-state index in [1.54, 1.807) is 0 Å². The first kappa shape index (κ1) is 12.0. The number of rotatable bonds is 2. The van der Waals surface area contributed by atoms with E-state index in [0.29, 0.717) is 6.04 Å². The van der Waals surface area contributed by atoms with Gasteiger partial charge in [0.25, 0.3) is 0 Å². The molecule has 1 N–H and O–H groups in total. The molecule has 5 nitrogen and oxygen atoms in total. The van der Waals surface area contributed by atoms with Crippen LogP contribution in [0.2, 0.25) is 0 Å². The van der Waals surface area contributed by atoms with Crippen molar-refractivity contribution in [2.24, 2.45) is 0 Å². The van der Waals surface area contributed by atoms with Gasteiger partial charge in [0.15, 0.2) is 0 Å². The van der Waals surface area contributed by atoms with Gasteiger partial charge in [-0.15, -0.1) is 0 Å². The molecule has 0 radical (unpaired) electrons. The number of benzene rings is 1. The van der Waals surface area contributed by atoms with Crippen LogP contribution in [0.1, 0.15) is 12.5 Å². The van der Waals surface area contributed by atoms with E-state index in [0.717, 1.165) is 41.0 Å². The van der Waals surface area contributed by atoms with Crippen molar-refractivity contribution in [3.63, 3.8) is 0 Å². The Bertz CT molecular complexity index is 714. The van der Waals surface area contributed by atoms with Crippen LogP contribution in [-0.2, 0) is 0 Å². The zero-order valence-electron chi connectivity index (χ0n) is 10.8. The molecule has 0 saturated carbocycles. The summed E-state index contributed by atoms with van der Waals surface area (Å²) < 4.78 is 3.06. The summed E-state index contributed by atoms with van der Waals surface area (Å²) in [6, 6.07) is 8.55. The molecule has 1 aromatic carbocycles. The van der Waals surface area contributed by atoms with E-state index in [1.807, 2.05) is 35.3 Å². The highest BCUT2D eigenvalue weighted by Crippen LogP contribution is 2.27. The molecule has 3 aromatic rings. The molecule has 2 aromatic heterocycles. The molecule has 1 saturated heterocycles. The smallest absolute Gasteiger partial charge is 0.203 e. The highest BCUT2D eigenvalue weighted by molar-refractivity contribution is 9.10. The van der Waals surface area contributed by atoms with E-state index in [2.05, 4.69) is 42.0 Å². The third-order valence-electron chi connectivity index (χ3n) is 3.78. The largest absolute Gasteiger partial charge is 0.340 e. The molecule has 1 aliphatic rings. The fourth-order valence-corrected chi connectivity index (χ4v) is 3.06. The topological polar surface area (TPSA) is 49.7 Å². The molecule has 1 atom stereocenters. The number of nitrogens with one attached hydrogen (secondary N) is 1. The first-order valence-corrected chi connectivity index (χ1v) is 7.48. The van der Waals surface area contributed by atoms with E-state index < -0.39 is 0 Å². The number of para-hydroxylation sites is 2. The number of aromatic amines is 1. The predicted octanol–water partition coefficient (Wildman–Crippen LogP) is 2.97. The van der Waals surface area contributed by atoms with Crippen LogP contribution in [-0.4, -0.2) is 32.8 Å². The van der Waals surface area contributed by atoms with Crippen molar-refractivity contribution in [3.05, 3.63) is 41.1 Å². The molecule has 0 bridgehead atoms. The maximum absolute atomic E-state index is 4.66. The summed E-state index contributed by atoms with van der Waals surface area (Å²) in [4.78, 5) is 10.3. The Labute approximate surface area is 124 Å². The Morgan fingerprint density at radius 1 is 1.30 bits per heavy atom. The zero-order valence-corrected chi connectivity index (χ0v) is 12.4. The quantitative estimate of drug-likeness (QED) is 0.785. The summed E-state index contributed by atoms with van der Waals surface area (Å²) in [6.07, 6.45) is 4.96. The first-order chi connectivity index (χ1) is 9.79. The van der Waals surface area contributed by atoms with Crippen LogP contribution < -0.4 is 4.90 Å². The van der Waals surface area contributed by atoms with Gasteiger partial charge >= 0.3 is 0 Å². The lowest BCUT2D eigenvalue weighted by Gasteiger charge is -2.15. The normalized spacial score (nSPS) is 19.1. The maximum Gasteiger partial charge on any atom is 0.203 e. The minimum Gasteiger partial charge on any atom is -0.340 e. The van der Waals surface area contributed by atoms with Crippen LogP contribution in [0, 0.1) is 0 Å². The van der Waals surface area contributed by atoms with Gasteiger partial charge in [-0.1, -0.05) is 12.1 Å². The van der Waals surface area contributed by atoms with Crippen molar-refractivity contribution in [1.82, 2.24) is 19.7 Å². The Kier molecular flexibility index (Phi) is 2.77. The molecule has 1 aliphatic heterocycles. The van der Waals surface area contributed by atoms with E-state index in [4.69, 9.17) is 0 Å². The molecule has 20 heavy (non-hydrogen) atoms. The molecule has 0 spiro atoms. The van der Waals surface area contributed by atoms with Crippen molar-refractivity contribution in [2.45, 2.75) is 12.5 Å².